The highest BCUT2D eigenvalue weighted by atomic mass is 19.1. The Bertz CT molecular complexity index is 810. The Morgan fingerprint density at radius 3 is 2.66 bits per heavy atom. The lowest BCUT2D eigenvalue weighted by atomic mass is 10.0. The van der Waals surface area contributed by atoms with Crippen molar-refractivity contribution in [2.75, 3.05) is 56.2 Å². The van der Waals surface area contributed by atoms with Gasteiger partial charge >= 0.3 is 0 Å². The van der Waals surface area contributed by atoms with Gasteiger partial charge < -0.3 is 14.5 Å². The molecule has 29 heavy (non-hydrogen) atoms. The van der Waals surface area contributed by atoms with E-state index in [1.54, 1.807) is 6.20 Å². The molecule has 0 radical (unpaired) electrons. The van der Waals surface area contributed by atoms with E-state index in [0.29, 0.717) is 13.2 Å². The molecule has 1 unspecified atom stereocenters. The number of nitrogens with zero attached hydrogens (tertiary/aromatic N) is 5. The first kappa shape index (κ1) is 20.0. The average molecular weight is 403 g/mol. The van der Waals surface area contributed by atoms with E-state index in [1.165, 1.54) is 18.2 Å². The van der Waals surface area contributed by atoms with Gasteiger partial charge in [0.05, 0.1) is 13.2 Å². The summed E-state index contributed by atoms with van der Waals surface area (Å²) in [6, 6.07) is 6.19. The van der Waals surface area contributed by atoms with Crippen LogP contribution in [0.3, 0.4) is 0 Å². The Kier molecular flexibility index (Phi) is 6.20. The molecule has 0 spiro atoms. The van der Waals surface area contributed by atoms with Gasteiger partial charge in [0.2, 0.25) is 5.95 Å². The second kappa shape index (κ2) is 9.00. The van der Waals surface area contributed by atoms with Gasteiger partial charge in [-0.25, -0.2) is 13.8 Å². The molecule has 1 aromatic heterocycles. The summed E-state index contributed by atoms with van der Waals surface area (Å²) in [4.78, 5) is 15.6. The molecular weight excluding hydrogens is 376 g/mol. The zero-order valence-electron chi connectivity index (χ0n) is 16.7. The number of likely N-dealkylation sites (N-methyl/N-ethyl adjacent to an activating group) is 1. The second-order valence-corrected chi connectivity index (χ2v) is 7.66. The van der Waals surface area contributed by atoms with Crippen LogP contribution in [0.4, 0.5) is 20.5 Å². The van der Waals surface area contributed by atoms with Crippen molar-refractivity contribution in [1.29, 1.82) is 0 Å². The average Bonchev–Trinajstić information content (AvgIpc) is 2.77. The monoisotopic (exact) mass is 403 g/mol. The third-order valence-electron chi connectivity index (χ3n) is 5.76. The summed E-state index contributed by atoms with van der Waals surface area (Å²) in [6.45, 7) is 4.81. The Morgan fingerprint density at radius 1 is 1.14 bits per heavy atom. The molecule has 0 N–H and O–H groups in total. The molecule has 6 nitrogen and oxygen atoms in total. The van der Waals surface area contributed by atoms with E-state index < -0.39 is 11.6 Å². The number of anilines is 2. The number of piperidine rings is 1. The normalized spacial score (nSPS) is 20.7. The van der Waals surface area contributed by atoms with E-state index in [9.17, 15) is 8.78 Å². The smallest absolute Gasteiger partial charge is 0.227 e. The highest BCUT2D eigenvalue weighted by molar-refractivity contribution is 5.44. The van der Waals surface area contributed by atoms with Crippen molar-refractivity contribution in [3.63, 3.8) is 0 Å². The summed E-state index contributed by atoms with van der Waals surface area (Å²) in [5.74, 6) is 0.627. The van der Waals surface area contributed by atoms with Gasteiger partial charge in [-0.2, -0.15) is 4.98 Å². The summed E-state index contributed by atoms with van der Waals surface area (Å²) in [6.07, 6.45) is 3.79. The number of hydrogen-bond donors (Lipinski definition) is 0. The molecule has 0 aliphatic carbocycles. The summed E-state index contributed by atoms with van der Waals surface area (Å²) < 4.78 is 33.5. The van der Waals surface area contributed by atoms with Crippen molar-refractivity contribution >= 4 is 11.8 Å². The van der Waals surface area contributed by atoms with Gasteiger partial charge in [0.15, 0.2) is 0 Å². The first-order chi connectivity index (χ1) is 14.1. The van der Waals surface area contributed by atoms with Crippen LogP contribution in [0.15, 0.2) is 30.5 Å². The maximum absolute atomic E-state index is 14.0. The fraction of sp³-hybridized carbons (Fsp3) is 0.524. The van der Waals surface area contributed by atoms with Crippen LogP contribution >= 0.6 is 0 Å². The van der Waals surface area contributed by atoms with Gasteiger partial charge in [0.1, 0.15) is 17.5 Å². The molecule has 8 heteroatoms. The Morgan fingerprint density at radius 2 is 1.90 bits per heavy atom. The highest BCUT2D eigenvalue weighted by Crippen LogP contribution is 2.24. The van der Waals surface area contributed by atoms with Gasteiger partial charge in [-0.3, -0.25) is 4.90 Å². The van der Waals surface area contributed by atoms with Crippen LogP contribution in [0.2, 0.25) is 0 Å². The van der Waals surface area contributed by atoms with E-state index in [4.69, 9.17) is 9.72 Å². The number of rotatable bonds is 5. The molecule has 1 aromatic carbocycles. The highest BCUT2D eigenvalue weighted by Gasteiger charge is 2.26. The lowest BCUT2D eigenvalue weighted by molar-refractivity contribution is 0.122. The maximum Gasteiger partial charge on any atom is 0.227 e. The van der Waals surface area contributed by atoms with E-state index in [1.807, 2.05) is 13.1 Å². The fourth-order valence-electron chi connectivity index (χ4n) is 4.04. The molecule has 4 rings (SSSR count). The third-order valence-corrected chi connectivity index (χ3v) is 5.76. The number of benzene rings is 1. The molecule has 3 heterocycles. The minimum atomic E-state index is -0.480. The Balaban J connectivity index is 1.44. The number of aromatic nitrogens is 2. The zero-order valence-corrected chi connectivity index (χ0v) is 16.7. The predicted molar refractivity (Wildman–Crippen MR) is 108 cm³/mol. The minimum Gasteiger partial charge on any atom is -0.378 e. The van der Waals surface area contributed by atoms with E-state index in [-0.39, 0.29) is 18.2 Å². The van der Waals surface area contributed by atoms with Crippen molar-refractivity contribution in [3.05, 3.63) is 47.7 Å². The second-order valence-electron chi connectivity index (χ2n) is 7.66. The Hall–Kier alpha value is -2.32. The molecule has 2 aliphatic rings. The largest absolute Gasteiger partial charge is 0.378 e. The van der Waals surface area contributed by atoms with Gasteiger partial charge in [0, 0.05) is 51.0 Å². The standard InChI is InChI=1S/C21H27F2N5O/c1-26(20-7-8-24-21(25-20)28-10-12-29-13-11-28)16-4-3-9-27(14-16)15-17-18(22)5-2-6-19(17)23/h2,5-8,16H,3-4,9-15H2,1H3. The number of halogens is 2. The summed E-state index contributed by atoms with van der Waals surface area (Å²) in [7, 11) is 2.03. The van der Waals surface area contributed by atoms with E-state index >= 15 is 0 Å². The van der Waals surface area contributed by atoms with Crippen molar-refractivity contribution in [2.45, 2.75) is 25.4 Å². The summed E-state index contributed by atoms with van der Waals surface area (Å²) in [5.41, 5.74) is 0.146. The topological polar surface area (TPSA) is 44.7 Å². The third kappa shape index (κ3) is 4.64. The van der Waals surface area contributed by atoms with E-state index in [0.717, 1.165) is 50.8 Å². The molecule has 0 amide bonds. The Labute approximate surface area is 170 Å². The first-order valence-electron chi connectivity index (χ1n) is 10.2. The maximum atomic E-state index is 14.0. The van der Waals surface area contributed by atoms with Crippen molar-refractivity contribution in [1.82, 2.24) is 14.9 Å². The van der Waals surface area contributed by atoms with Crippen molar-refractivity contribution in [2.24, 2.45) is 0 Å². The van der Waals surface area contributed by atoms with Crippen LogP contribution in [0.25, 0.3) is 0 Å². The lowest BCUT2D eigenvalue weighted by Crippen LogP contribution is -2.46. The van der Waals surface area contributed by atoms with Gasteiger partial charge in [-0.05, 0) is 37.6 Å². The quantitative estimate of drug-likeness (QED) is 0.765. The predicted octanol–water partition coefficient (Wildman–Crippen LogP) is 2.69. The van der Waals surface area contributed by atoms with Crippen LogP contribution in [-0.2, 0) is 11.3 Å². The molecule has 2 aliphatic heterocycles. The lowest BCUT2D eigenvalue weighted by Gasteiger charge is -2.38. The van der Waals surface area contributed by atoms with Crippen LogP contribution in [0.5, 0.6) is 0 Å². The number of ether oxygens (including phenoxy) is 1. The van der Waals surface area contributed by atoms with Gasteiger partial charge in [0.25, 0.3) is 0 Å². The zero-order chi connectivity index (χ0) is 20.2. The van der Waals surface area contributed by atoms with Crippen molar-refractivity contribution < 1.29 is 13.5 Å². The number of morpholine rings is 1. The van der Waals surface area contributed by atoms with Crippen LogP contribution in [0, 0.1) is 11.6 Å². The molecule has 2 aromatic rings. The molecule has 156 valence electrons. The SMILES string of the molecule is CN(c1ccnc(N2CCOCC2)n1)C1CCCN(Cc2c(F)cccc2F)C1. The van der Waals surface area contributed by atoms with Crippen LogP contribution < -0.4 is 9.80 Å². The molecular formula is C21H27F2N5O. The summed E-state index contributed by atoms with van der Waals surface area (Å²) >= 11 is 0. The fourth-order valence-corrected chi connectivity index (χ4v) is 4.04. The summed E-state index contributed by atoms with van der Waals surface area (Å²) in [5, 5.41) is 0. The number of likely N-dealkylation sites (tertiary alicyclic amines) is 1. The van der Waals surface area contributed by atoms with Crippen molar-refractivity contribution in [3.8, 4) is 0 Å². The van der Waals surface area contributed by atoms with Crippen LogP contribution in [0.1, 0.15) is 18.4 Å². The molecule has 1 atom stereocenters. The minimum absolute atomic E-state index is 0.146. The van der Waals surface area contributed by atoms with Crippen LogP contribution in [-0.4, -0.2) is 67.4 Å². The first-order valence-corrected chi connectivity index (χ1v) is 10.2. The van der Waals surface area contributed by atoms with Gasteiger partial charge in [-0.15, -0.1) is 0 Å². The molecule has 0 saturated carbocycles. The molecule has 2 fully saturated rings. The van der Waals surface area contributed by atoms with Gasteiger partial charge in [-0.1, -0.05) is 6.07 Å². The molecule has 0 bridgehead atoms. The number of hydrogen-bond acceptors (Lipinski definition) is 6. The molecule has 2 saturated heterocycles. The van der Waals surface area contributed by atoms with E-state index in [2.05, 4.69) is 19.7 Å².